The molecule has 4 heteroatoms. The van der Waals surface area contributed by atoms with Gasteiger partial charge in [0.2, 0.25) is 6.17 Å². The lowest BCUT2D eigenvalue weighted by molar-refractivity contribution is -0.282. The normalized spacial score (nSPS) is 26.7. The Balaban J connectivity index is 1.30. The minimum atomic E-state index is -3.89. The van der Waals surface area contributed by atoms with Crippen molar-refractivity contribution in [2.45, 2.75) is 89.0 Å². The Labute approximate surface area is 202 Å². The van der Waals surface area contributed by atoms with Crippen LogP contribution in [0.25, 0.3) is 0 Å². The first-order valence-electron chi connectivity index (χ1n) is 12.8. The Morgan fingerprint density at radius 1 is 0.853 bits per heavy atom. The second-order valence-corrected chi connectivity index (χ2v) is 10.4. The van der Waals surface area contributed by atoms with Crippen LogP contribution in [0.3, 0.4) is 0 Å². The van der Waals surface area contributed by atoms with Crippen molar-refractivity contribution < 1.29 is 17.9 Å². The van der Waals surface area contributed by atoms with E-state index in [2.05, 4.69) is 13.5 Å². The van der Waals surface area contributed by atoms with Crippen LogP contribution in [0.1, 0.15) is 98.6 Å². The Morgan fingerprint density at radius 2 is 1.35 bits per heavy atom. The summed E-state index contributed by atoms with van der Waals surface area (Å²) in [5.41, 5.74) is 2.93. The van der Waals surface area contributed by atoms with Crippen LogP contribution in [0.4, 0.5) is 13.2 Å². The van der Waals surface area contributed by atoms with Gasteiger partial charge in [0.15, 0.2) is 0 Å². The lowest BCUT2D eigenvalue weighted by Gasteiger charge is -2.27. The van der Waals surface area contributed by atoms with Crippen molar-refractivity contribution >= 4 is 0 Å². The molecule has 2 aromatic rings. The molecule has 2 aromatic carbocycles. The smallest absolute Gasteiger partial charge is 0.313 e. The van der Waals surface area contributed by atoms with E-state index in [1.165, 1.54) is 30.5 Å². The molecule has 34 heavy (non-hydrogen) atoms. The summed E-state index contributed by atoms with van der Waals surface area (Å²) in [6, 6.07) is 14.2. The number of rotatable bonds is 8. The second kappa shape index (κ2) is 11.1. The van der Waals surface area contributed by atoms with Gasteiger partial charge in [0.05, 0.1) is 6.61 Å². The predicted molar refractivity (Wildman–Crippen MR) is 132 cm³/mol. The fourth-order valence-electron chi connectivity index (χ4n) is 5.55. The van der Waals surface area contributed by atoms with Crippen molar-refractivity contribution in [2.75, 3.05) is 0 Å². The summed E-state index contributed by atoms with van der Waals surface area (Å²) in [6.07, 6.45) is 4.76. The third-order valence-electron chi connectivity index (χ3n) is 8.00. The predicted octanol–water partition coefficient (Wildman–Crippen LogP) is 9.26. The molecule has 0 bridgehead atoms. The first-order chi connectivity index (χ1) is 16.4. The van der Waals surface area contributed by atoms with Gasteiger partial charge in [0.25, 0.3) is 0 Å². The zero-order valence-corrected chi connectivity index (χ0v) is 20.2. The number of alkyl halides is 3. The highest BCUT2D eigenvalue weighted by molar-refractivity contribution is 5.28. The van der Waals surface area contributed by atoms with Crippen molar-refractivity contribution in [3.8, 4) is 0 Å². The maximum absolute atomic E-state index is 14.7. The first-order valence-corrected chi connectivity index (χ1v) is 12.8. The van der Waals surface area contributed by atoms with Gasteiger partial charge in [-0.3, -0.25) is 0 Å². The lowest BCUT2D eigenvalue weighted by Crippen LogP contribution is -2.27. The van der Waals surface area contributed by atoms with Gasteiger partial charge in [0.1, 0.15) is 0 Å². The molecule has 1 unspecified atom stereocenters. The van der Waals surface area contributed by atoms with Gasteiger partial charge in [-0.2, -0.15) is 8.78 Å². The molecule has 2 fully saturated rings. The standard InChI is InChI=1S/C30H37F3O/c1-3-22-6-12-25(13-7-22)26-14-8-23(9-15-26)20-34-30(32,33)29(31)28-18-16-27(17-19-28)24-10-4-21(2)5-11-24/h3,8-9,14-19,21-22,24-25,29H,1,4-7,10-13,20H2,2H3. The second-order valence-electron chi connectivity index (χ2n) is 10.4. The maximum Gasteiger partial charge on any atom is 0.391 e. The van der Waals surface area contributed by atoms with Crippen LogP contribution in [-0.4, -0.2) is 6.11 Å². The van der Waals surface area contributed by atoms with Crippen LogP contribution in [0.2, 0.25) is 0 Å². The Morgan fingerprint density at radius 3 is 1.88 bits per heavy atom. The van der Waals surface area contributed by atoms with Gasteiger partial charge in [-0.05, 0) is 84.5 Å². The molecular weight excluding hydrogens is 433 g/mol. The van der Waals surface area contributed by atoms with Crippen molar-refractivity contribution in [3.63, 3.8) is 0 Å². The minimum absolute atomic E-state index is 0.0385. The molecule has 184 valence electrons. The molecule has 2 saturated carbocycles. The molecule has 0 amide bonds. The van der Waals surface area contributed by atoms with E-state index in [1.54, 1.807) is 12.1 Å². The average Bonchev–Trinajstić information content (AvgIpc) is 2.88. The summed E-state index contributed by atoms with van der Waals surface area (Å²) >= 11 is 0. The number of benzene rings is 2. The van der Waals surface area contributed by atoms with E-state index in [0.717, 1.165) is 50.0 Å². The van der Waals surface area contributed by atoms with Crippen molar-refractivity contribution in [2.24, 2.45) is 11.8 Å². The van der Waals surface area contributed by atoms with Crippen LogP contribution in [0.15, 0.2) is 61.2 Å². The molecule has 0 aliphatic heterocycles. The Bertz CT molecular complexity index is 905. The van der Waals surface area contributed by atoms with Gasteiger partial charge in [0, 0.05) is 0 Å². The van der Waals surface area contributed by atoms with Gasteiger partial charge in [-0.15, -0.1) is 6.58 Å². The van der Waals surface area contributed by atoms with E-state index in [-0.39, 0.29) is 12.2 Å². The van der Waals surface area contributed by atoms with Gasteiger partial charge < -0.3 is 4.74 Å². The largest absolute Gasteiger partial charge is 0.391 e. The molecular formula is C30H37F3O. The van der Waals surface area contributed by atoms with Gasteiger partial charge in [-0.1, -0.05) is 74.4 Å². The number of hydrogen-bond donors (Lipinski definition) is 0. The first kappa shape index (κ1) is 25.0. The molecule has 0 N–H and O–H groups in total. The van der Waals surface area contributed by atoms with Crippen molar-refractivity contribution in [1.82, 2.24) is 0 Å². The fourth-order valence-corrected chi connectivity index (χ4v) is 5.55. The summed E-state index contributed by atoms with van der Waals surface area (Å²) in [6.45, 7) is 5.83. The SMILES string of the molecule is C=CC1CCC(c2ccc(COC(F)(F)C(F)c3ccc(C4CCC(C)CC4)cc3)cc2)CC1. The highest BCUT2D eigenvalue weighted by Gasteiger charge is 2.42. The van der Waals surface area contributed by atoms with Crippen LogP contribution >= 0.6 is 0 Å². The summed E-state index contributed by atoms with van der Waals surface area (Å²) < 4.78 is 48.6. The van der Waals surface area contributed by atoms with Crippen LogP contribution in [-0.2, 0) is 11.3 Å². The monoisotopic (exact) mass is 470 g/mol. The molecule has 0 spiro atoms. The number of ether oxygens (including phenoxy) is 1. The van der Waals surface area contributed by atoms with Crippen LogP contribution in [0, 0.1) is 11.8 Å². The molecule has 4 rings (SSSR count). The van der Waals surface area contributed by atoms with E-state index in [0.29, 0.717) is 23.3 Å². The minimum Gasteiger partial charge on any atom is -0.313 e. The van der Waals surface area contributed by atoms with E-state index < -0.39 is 12.3 Å². The summed E-state index contributed by atoms with van der Waals surface area (Å²) in [4.78, 5) is 0. The molecule has 1 nitrogen and oxygen atoms in total. The fraction of sp³-hybridized carbons (Fsp3) is 0.533. The zero-order valence-electron chi connectivity index (χ0n) is 20.2. The average molecular weight is 471 g/mol. The highest BCUT2D eigenvalue weighted by Crippen LogP contribution is 2.40. The molecule has 2 aliphatic carbocycles. The van der Waals surface area contributed by atoms with Crippen molar-refractivity contribution in [3.05, 3.63) is 83.4 Å². The third kappa shape index (κ3) is 6.13. The third-order valence-corrected chi connectivity index (χ3v) is 8.00. The van der Waals surface area contributed by atoms with E-state index >= 15 is 0 Å². The lowest BCUT2D eigenvalue weighted by atomic mass is 9.79. The van der Waals surface area contributed by atoms with Gasteiger partial charge >= 0.3 is 6.11 Å². The van der Waals surface area contributed by atoms with E-state index in [1.807, 2.05) is 30.3 Å². The quantitative estimate of drug-likeness (QED) is 0.349. The summed E-state index contributed by atoms with van der Waals surface area (Å²) in [7, 11) is 0. The van der Waals surface area contributed by atoms with Crippen LogP contribution in [0.5, 0.6) is 0 Å². The topological polar surface area (TPSA) is 9.23 Å². The summed E-state index contributed by atoms with van der Waals surface area (Å²) in [5, 5.41) is 0. The van der Waals surface area contributed by atoms with Crippen molar-refractivity contribution in [1.29, 1.82) is 0 Å². The number of allylic oxidation sites excluding steroid dienone is 1. The number of halogens is 3. The van der Waals surface area contributed by atoms with Gasteiger partial charge in [-0.25, -0.2) is 4.39 Å². The highest BCUT2D eigenvalue weighted by atomic mass is 19.3. The zero-order chi connectivity index (χ0) is 24.1. The molecule has 0 saturated heterocycles. The molecule has 0 heterocycles. The molecule has 0 radical (unpaired) electrons. The molecule has 1 atom stereocenters. The van der Waals surface area contributed by atoms with E-state index in [9.17, 15) is 13.2 Å². The Hall–Kier alpha value is -2.07. The maximum atomic E-state index is 14.7. The number of hydrogen-bond acceptors (Lipinski definition) is 1. The Kier molecular flexibility index (Phi) is 8.18. The molecule has 2 aliphatic rings. The van der Waals surface area contributed by atoms with E-state index in [4.69, 9.17) is 4.74 Å². The summed E-state index contributed by atoms with van der Waals surface area (Å²) in [5.74, 6) is 2.30. The van der Waals surface area contributed by atoms with Crippen LogP contribution < -0.4 is 0 Å². The molecule has 0 aromatic heterocycles.